The molecule has 3 unspecified atom stereocenters. The fourth-order valence-corrected chi connectivity index (χ4v) is 4.93. The summed E-state index contributed by atoms with van der Waals surface area (Å²) in [6, 6.07) is 7.40. The van der Waals surface area contributed by atoms with Gasteiger partial charge in [-0.1, -0.05) is 32.9 Å². The van der Waals surface area contributed by atoms with Gasteiger partial charge in [0, 0.05) is 36.4 Å². The number of amides is 1. The second kappa shape index (κ2) is 5.75. The van der Waals surface area contributed by atoms with Gasteiger partial charge in [0.1, 0.15) is 5.52 Å². The van der Waals surface area contributed by atoms with Gasteiger partial charge in [-0.15, -0.1) is 0 Å². The number of fused-ring (bicyclic) bond motifs is 2. The molecule has 1 aliphatic carbocycles. The summed E-state index contributed by atoms with van der Waals surface area (Å²) in [5.41, 5.74) is 2.93. The number of nitrogens with one attached hydrogen (secondary N) is 1. The molecule has 5 nitrogen and oxygen atoms in total. The van der Waals surface area contributed by atoms with Crippen molar-refractivity contribution in [1.82, 2.24) is 10.3 Å². The first-order valence-corrected chi connectivity index (χ1v) is 9.35. The minimum Gasteiger partial charge on any atom is -0.423 e. The van der Waals surface area contributed by atoms with Gasteiger partial charge in [-0.3, -0.25) is 4.79 Å². The number of hydrogen-bond donors (Lipinski definition) is 1. The Balaban J connectivity index is 1.65. The smallest absolute Gasteiger partial charge is 0.298 e. The number of rotatable bonds is 3. The van der Waals surface area contributed by atoms with Crippen LogP contribution in [0.2, 0.25) is 0 Å². The van der Waals surface area contributed by atoms with Gasteiger partial charge in [0.25, 0.3) is 6.01 Å². The normalized spacial score (nSPS) is 27.7. The predicted octanol–water partition coefficient (Wildman–Crippen LogP) is 3.66. The molecule has 2 fully saturated rings. The van der Waals surface area contributed by atoms with Crippen LogP contribution in [0.5, 0.6) is 0 Å². The molecule has 2 heterocycles. The highest BCUT2D eigenvalue weighted by Crippen LogP contribution is 2.53. The van der Waals surface area contributed by atoms with E-state index in [1.807, 2.05) is 19.1 Å². The van der Waals surface area contributed by atoms with E-state index in [4.69, 9.17) is 9.40 Å². The highest BCUT2D eigenvalue weighted by atomic mass is 16.4. The summed E-state index contributed by atoms with van der Waals surface area (Å²) in [4.78, 5) is 19.0. The molecule has 0 radical (unpaired) electrons. The maximum atomic E-state index is 11.9. The number of benzene rings is 1. The first-order chi connectivity index (χ1) is 11.9. The number of carbonyl (C=O) groups is 1. The molecule has 25 heavy (non-hydrogen) atoms. The van der Waals surface area contributed by atoms with Crippen LogP contribution >= 0.6 is 0 Å². The number of anilines is 1. The van der Waals surface area contributed by atoms with Gasteiger partial charge in [-0.25, -0.2) is 0 Å². The van der Waals surface area contributed by atoms with Gasteiger partial charge in [0.05, 0.1) is 0 Å². The number of carbonyl (C=O) groups excluding carboxylic acids is 1. The number of piperidine rings is 1. The Bertz CT molecular complexity index is 810. The van der Waals surface area contributed by atoms with Crippen molar-refractivity contribution in [3.63, 3.8) is 0 Å². The number of aryl methyl sites for hydroxylation is 1. The number of para-hydroxylation sites is 1. The zero-order chi connectivity index (χ0) is 17.8. The van der Waals surface area contributed by atoms with E-state index in [-0.39, 0.29) is 17.4 Å². The van der Waals surface area contributed by atoms with Gasteiger partial charge in [0.15, 0.2) is 5.58 Å². The third-order valence-corrected chi connectivity index (χ3v) is 6.15. The number of aromatic nitrogens is 1. The van der Waals surface area contributed by atoms with Crippen LogP contribution in [-0.2, 0) is 4.79 Å². The summed E-state index contributed by atoms with van der Waals surface area (Å²) in [5, 5.41) is 3.25. The Labute approximate surface area is 148 Å². The molecule has 1 saturated carbocycles. The van der Waals surface area contributed by atoms with Crippen LogP contribution < -0.4 is 10.2 Å². The van der Waals surface area contributed by atoms with Crippen LogP contribution in [0.15, 0.2) is 22.6 Å². The Kier molecular flexibility index (Phi) is 3.78. The zero-order valence-corrected chi connectivity index (χ0v) is 15.5. The van der Waals surface area contributed by atoms with E-state index in [1.54, 1.807) is 0 Å². The molecule has 1 aliphatic heterocycles. The number of nitrogens with zero attached hydrogens (tertiary/aromatic N) is 2. The molecular weight excluding hydrogens is 314 g/mol. The summed E-state index contributed by atoms with van der Waals surface area (Å²) in [5.74, 6) is 0.612. The van der Waals surface area contributed by atoms with E-state index in [9.17, 15) is 4.79 Å². The highest BCUT2D eigenvalue weighted by molar-refractivity contribution is 5.78. The van der Waals surface area contributed by atoms with Crippen molar-refractivity contribution < 1.29 is 9.21 Å². The largest absolute Gasteiger partial charge is 0.423 e. The standard InChI is InChI=1S/C20H27N3O2/c1-5-15(24)22-17-13-9-7-11-23(18(13)20(17,3)4)19-21-14-10-6-8-12(2)16(14)25-19/h6,8,10,13,17-18H,5,7,9,11H2,1-4H3,(H,22,24). The fourth-order valence-electron chi connectivity index (χ4n) is 4.93. The van der Waals surface area contributed by atoms with Crippen LogP contribution in [0.1, 0.15) is 45.6 Å². The third-order valence-electron chi connectivity index (χ3n) is 6.15. The average molecular weight is 341 g/mol. The molecule has 1 saturated heterocycles. The summed E-state index contributed by atoms with van der Waals surface area (Å²) in [6.45, 7) is 9.43. The van der Waals surface area contributed by atoms with Crippen molar-refractivity contribution in [2.75, 3.05) is 11.4 Å². The topological polar surface area (TPSA) is 58.4 Å². The van der Waals surface area contributed by atoms with E-state index < -0.39 is 0 Å². The molecule has 1 N–H and O–H groups in total. The van der Waals surface area contributed by atoms with Crippen molar-refractivity contribution in [3.05, 3.63) is 23.8 Å². The molecule has 5 heteroatoms. The van der Waals surface area contributed by atoms with Gasteiger partial charge >= 0.3 is 0 Å². The van der Waals surface area contributed by atoms with Crippen molar-refractivity contribution in [2.24, 2.45) is 11.3 Å². The maximum Gasteiger partial charge on any atom is 0.298 e. The average Bonchev–Trinajstić information content (AvgIpc) is 3.04. The minimum atomic E-state index is 0.00557. The Morgan fingerprint density at radius 3 is 2.96 bits per heavy atom. The van der Waals surface area contributed by atoms with Crippen LogP contribution in [0.3, 0.4) is 0 Å². The molecule has 0 bridgehead atoms. The van der Waals surface area contributed by atoms with Crippen LogP contribution in [-0.4, -0.2) is 29.5 Å². The summed E-state index contributed by atoms with van der Waals surface area (Å²) in [6.07, 6.45) is 2.80. The monoisotopic (exact) mass is 341 g/mol. The quantitative estimate of drug-likeness (QED) is 0.926. The maximum absolute atomic E-state index is 11.9. The SMILES string of the molecule is CCC(=O)NC1C2CCCN(c3nc4cccc(C)c4o3)C2C1(C)C. The van der Waals surface area contributed by atoms with E-state index in [0.29, 0.717) is 18.4 Å². The van der Waals surface area contributed by atoms with E-state index >= 15 is 0 Å². The lowest BCUT2D eigenvalue weighted by Gasteiger charge is -2.63. The van der Waals surface area contributed by atoms with Crippen molar-refractivity contribution in [3.8, 4) is 0 Å². The van der Waals surface area contributed by atoms with E-state index in [2.05, 4.69) is 37.1 Å². The predicted molar refractivity (Wildman–Crippen MR) is 98.6 cm³/mol. The van der Waals surface area contributed by atoms with Crippen LogP contribution in [0.25, 0.3) is 11.1 Å². The minimum absolute atomic E-state index is 0.00557. The Morgan fingerprint density at radius 1 is 1.44 bits per heavy atom. The molecule has 134 valence electrons. The van der Waals surface area contributed by atoms with Crippen LogP contribution in [0, 0.1) is 18.3 Å². The summed E-state index contributed by atoms with van der Waals surface area (Å²) >= 11 is 0. The molecule has 1 aromatic heterocycles. The van der Waals surface area contributed by atoms with Gasteiger partial charge in [-0.2, -0.15) is 4.98 Å². The molecule has 2 aromatic rings. The lowest BCUT2D eigenvalue weighted by Crippen LogP contribution is -2.74. The van der Waals surface area contributed by atoms with Crippen molar-refractivity contribution in [1.29, 1.82) is 0 Å². The summed E-state index contributed by atoms with van der Waals surface area (Å²) in [7, 11) is 0. The van der Waals surface area contributed by atoms with Crippen LogP contribution in [0.4, 0.5) is 6.01 Å². The molecule has 0 spiro atoms. The van der Waals surface area contributed by atoms with E-state index in [1.165, 1.54) is 0 Å². The number of hydrogen-bond acceptors (Lipinski definition) is 4. The third kappa shape index (κ3) is 2.43. The second-order valence-electron chi connectivity index (χ2n) is 8.08. The highest BCUT2D eigenvalue weighted by Gasteiger charge is 2.60. The van der Waals surface area contributed by atoms with Gasteiger partial charge in [0.2, 0.25) is 5.91 Å². The fraction of sp³-hybridized carbons (Fsp3) is 0.600. The Hall–Kier alpha value is -2.04. The molecular formula is C20H27N3O2. The second-order valence-corrected chi connectivity index (χ2v) is 8.08. The lowest BCUT2D eigenvalue weighted by molar-refractivity contribution is -0.127. The zero-order valence-electron chi connectivity index (χ0n) is 15.5. The first kappa shape index (κ1) is 16.4. The Morgan fingerprint density at radius 2 is 2.24 bits per heavy atom. The van der Waals surface area contributed by atoms with Gasteiger partial charge in [-0.05, 0) is 31.4 Å². The lowest BCUT2D eigenvalue weighted by atomic mass is 9.52. The van der Waals surface area contributed by atoms with E-state index in [0.717, 1.165) is 42.1 Å². The number of oxazole rings is 1. The molecule has 1 aromatic carbocycles. The molecule has 2 aliphatic rings. The van der Waals surface area contributed by atoms with Crippen molar-refractivity contribution >= 4 is 23.0 Å². The van der Waals surface area contributed by atoms with Gasteiger partial charge < -0.3 is 14.6 Å². The summed E-state index contributed by atoms with van der Waals surface area (Å²) < 4.78 is 6.15. The molecule has 3 atom stereocenters. The first-order valence-electron chi connectivity index (χ1n) is 9.35. The van der Waals surface area contributed by atoms with Crippen molar-refractivity contribution in [2.45, 2.75) is 59.0 Å². The molecule has 1 amide bonds. The molecule has 4 rings (SSSR count).